The second-order valence-electron chi connectivity index (χ2n) is 6.97. The van der Waals surface area contributed by atoms with Crippen molar-refractivity contribution in [2.45, 2.75) is 70.3 Å². The van der Waals surface area contributed by atoms with Gasteiger partial charge in [-0.3, -0.25) is 4.57 Å². The molecule has 150 valence electrons. The summed E-state index contributed by atoms with van der Waals surface area (Å²) in [5, 5.41) is 9.45. The Balaban J connectivity index is 2.32. The number of aryl methyl sites for hydroxylation is 2. The average molecular weight is 387 g/mol. The lowest BCUT2D eigenvalue weighted by Gasteiger charge is -2.25. The first-order valence-electron chi connectivity index (χ1n) is 9.49. The molecule has 0 aromatic heterocycles. The summed E-state index contributed by atoms with van der Waals surface area (Å²) >= 11 is 0. The number of nitrogens with two attached hydrogens (primary N) is 1. The normalized spacial score (nSPS) is 14.9. The number of hydrogen-bond donors (Lipinski definition) is 3. The topological polar surface area (TPSA) is 102 Å². The summed E-state index contributed by atoms with van der Waals surface area (Å²) in [7, 11) is -3.16. The molecule has 0 saturated carbocycles. The van der Waals surface area contributed by atoms with Crippen LogP contribution in [-0.2, 0) is 27.0 Å². The highest BCUT2D eigenvalue weighted by molar-refractivity contribution is 7.31. The van der Waals surface area contributed by atoms with Gasteiger partial charge in [-0.25, -0.2) is 4.89 Å². The van der Waals surface area contributed by atoms with Gasteiger partial charge in [0.05, 0.1) is 12.1 Å². The van der Waals surface area contributed by atoms with Gasteiger partial charge in [-0.2, -0.15) is 4.67 Å². The van der Waals surface area contributed by atoms with E-state index < -0.39 is 13.8 Å². The minimum Gasteiger partial charge on any atom is -0.394 e. The fourth-order valence-corrected chi connectivity index (χ4v) is 2.93. The van der Waals surface area contributed by atoms with E-state index in [0.29, 0.717) is 12.8 Å². The Morgan fingerprint density at radius 2 is 1.62 bits per heavy atom. The molecule has 0 heterocycles. The van der Waals surface area contributed by atoms with Crippen molar-refractivity contribution in [1.82, 2.24) is 0 Å². The van der Waals surface area contributed by atoms with Crippen molar-refractivity contribution in [3.05, 3.63) is 35.4 Å². The van der Waals surface area contributed by atoms with Gasteiger partial charge in [0, 0.05) is 0 Å². The molecule has 1 rings (SSSR count). The maximum atomic E-state index is 10.5. The molecule has 2 atom stereocenters. The fourth-order valence-electron chi connectivity index (χ4n) is 2.77. The van der Waals surface area contributed by atoms with E-state index in [1.54, 1.807) is 0 Å². The molecule has 0 aliphatic rings. The number of aliphatic hydroxyl groups is 1. The van der Waals surface area contributed by atoms with Crippen LogP contribution in [0.25, 0.3) is 0 Å². The van der Waals surface area contributed by atoms with Crippen LogP contribution in [0.15, 0.2) is 24.3 Å². The van der Waals surface area contributed by atoms with Crippen molar-refractivity contribution < 1.29 is 24.1 Å². The Morgan fingerprint density at radius 1 is 1.04 bits per heavy atom. The van der Waals surface area contributed by atoms with Crippen LogP contribution in [-0.4, -0.2) is 28.8 Å². The molecular weight excluding hydrogens is 353 g/mol. The predicted octanol–water partition coefficient (Wildman–Crippen LogP) is 3.54. The van der Waals surface area contributed by atoms with Crippen LogP contribution in [0.4, 0.5) is 0 Å². The van der Waals surface area contributed by atoms with Crippen LogP contribution in [0.3, 0.4) is 0 Å². The van der Waals surface area contributed by atoms with E-state index in [2.05, 4.69) is 40.8 Å². The molecule has 1 aromatic carbocycles. The number of benzene rings is 1. The van der Waals surface area contributed by atoms with Gasteiger partial charge in [0.2, 0.25) is 0 Å². The molecule has 0 spiro atoms. The molecule has 0 aliphatic heterocycles. The summed E-state index contributed by atoms with van der Waals surface area (Å²) in [5.41, 5.74) is 7.52. The van der Waals surface area contributed by atoms with E-state index in [1.165, 1.54) is 44.1 Å². The van der Waals surface area contributed by atoms with Crippen LogP contribution in [0.1, 0.15) is 63.0 Å². The van der Waals surface area contributed by atoms with Gasteiger partial charge in [0.15, 0.2) is 0 Å². The summed E-state index contributed by atoms with van der Waals surface area (Å²) < 4.78 is 14.6. The van der Waals surface area contributed by atoms with Gasteiger partial charge in [0.1, 0.15) is 6.61 Å². The summed E-state index contributed by atoms with van der Waals surface area (Å²) in [4.78, 5) is 13.2. The highest BCUT2D eigenvalue weighted by Crippen LogP contribution is 2.19. The third-order valence-corrected chi connectivity index (χ3v) is 4.81. The third kappa shape index (κ3) is 10.4. The van der Waals surface area contributed by atoms with Crippen LogP contribution >= 0.6 is 8.25 Å². The van der Waals surface area contributed by atoms with Crippen molar-refractivity contribution in [2.75, 3.05) is 13.2 Å². The van der Waals surface area contributed by atoms with E-state index in [-0.39, 0.29) is 13.2 Å². The monoisotopic (exact) mass is 387 g/mol. The van der Waals surface area contributed by atoms with E-state index in [9.17, 15) is 9.67 Å². The van der Waals surface area contributed by atoms with Gasteiger partial charge < -0.3 is 15.7 Å². The third-order valence-electron chi connectivity index (χ3n) is 4.55. The molecule has 2 unspecified atom stereocenters. The van der Waals surface area contributed by atoms with Crippen molar-refractivity contribution in [1.29, 1.82) is 0 Å². The lowest BCUT2D eigenvalue weighted by Crippen LogP contribution is -2.48. The van der Waals surface area contributed by atoms with E-state index in [4.69, 9.17) is 10.6 Å². The van der Waals surface area contributed by atoms with Gasteiger partial charge in [-0.1, -0.05) is 63.3 Å². The molecule has 0 fully saturated rings. The summed E-state index contributed by atoms with van der Waals surface area (Å²) in [6, 6.07) is 8.48. The molecule has 0 bridgehead atoms. The molecule has 4 N–H and O–H groups in total. The molecule has 6 nitrogen and oxygen atoms in total. The van der Waals surface area contributed by atoms with Crippen LogP contribution in [0.5, 0.6) is 0 Å². The largest absolute Gasteiger partial charge is 0.394 e. The number of rotatable bonds is 15. The molecule has 26 heavy (non-hydrogen) atoms. The van der Waals surface area contributed by atoms with Crippen molar-refractivity contribution in [3.63, 3.8) is 0 Å². The maximum Gasteiger partial charge on any atom is 0.344 e. The molecular formula is C19H34NO5P. The zero-order chi connectivity index (χ0) is 19.3. The first-order chi connectivity index (χ1) is 12.5. The highest BCUT2D eigenvalue weighted by Gasteiger charge is 2.25. The minimum absolute atomic E-state index is 0.142. The fraction of sp³-hybridized carbons (Fsp3) is 0.684. The zero-order valence-electron chi connectivity index (χ0n) is 15.8. The maximum absolute atomic E-state index is 10.5. The van der Waals surface area contributed by atoms with Crippen LogP contribution in [0, 0.1) is 0 Å². The second kappa shape index (κ2) is 13.4. The quantitative estimate of drug-likeness (QED) is 0.184. The first-order valence-corrected chi connectivity index (χ1v) is 10.8. The zero-order valence-corrected chi connectivity index (χ0v) is 16.8. The smallest absolute Gasteiger partial charge is 0.344 e. The molecule has 1 aromatic rings. The molecule has 0 saturated heterocycles. The Bertz CT molecular complexity index is 511. The number of hydrogen-bond acceptors (Lipinski definition) is 5. The number of aliphatic hydroxyl groups excluding tert-OH is 1. The predicted molar refractivity (Wildman–Crippen MR) is 104 cm³/mol. The average Bonchev–Trinajstić information content (AvgIpc) is 2.63. The summed E-state index contributed by atoms with van der Waals surface area (Å²) in [6.45, 7) is 1.80. The Hall–Kier alpha value is -0.750. The van der Waals surface area contributed by atoms with E-state index in [1.807, 2.05) is 0 Å². The van der Waals surface area contributed by atoms with Crippen molar-refractivity contribution >= 4 is 8.25 Å². The van der Waals surface area contributed by atoms with Crippen LogP contribution < -0.4 is 5.73 Å². The Morgan fingerprint density at radius 3 is 2.19 bits per heavy atom. The van der Waals surface area contributed by atoms with Gasteiger partial charge in [-0.15, -0.1) is 0 Å². The Kier molecular flexibility index (Phi) is 12.0. The Labute approximate surface area is 157 Å². The lowest BCUT2D eigenvalue weighted by molar-refractivity contribution is -0.222. The second-order valence-corrected chi connectivity index (χ2v) is 7.66. The summed E-state index contributed by atoms with van der Waals surface area (Å²) in [6.07, 6.45) is 10.1. The first kappa shape index (κ1) is 23.3. The molecule has 7 heteroatoms. The van der Waals surface area contributed by atoms with E-state index in [0.717, 1.165) is 12.0 Å². The molecule has 0 radical (unpaired) electrons. The SMILES string of the molecule is CCCCCCCCc1ccc(CCC(N)(CO)COO[PH](=O)O)cc1. The minimum atomic E-state index is -3.16. The van der Waals surface area contributed by atoms with Crippen LogP contribution in [0.2, 0.25) is 0 Å². The van der Waals surface area contributed by atoms with E-state index >= 15 is 0 Å². The standard InChI is InChI=1S/C19H34NO5P/c1-2-3-4-5-6-7-8-17-9-11-18(12-10-17)13-14-19(20,15-21)16-24-25-26(22)23/h9-12,21,26H,2-8,13-16,20H2,1H3,(H,22,23). The lowest BCUT2D eigenvalue weighted by atomic mass is 9.93. The molecule has 0 aliphatic carbocycles. The summed E-state index contributed by atoms with van der Waals surface area (Å²) in [5.74, 6) is 0. The van der Waals surface area contributed by atoms with Gasteiger partial charge in [0.25, 0.3) is 0 Å². The van der Waals surface area contributed by atoms with Crippen molar-refractivity contribution in [3.8, 4) is 0 Å². The van der Waals surface area contributed by atoms with Gasteiger partial charge in [-0.05, 0) is 36.8 Å². The molecule has 0 amide bonds. The van der Waals surface area contributed by atoms with Gasteiger partial charge >= 0.3 is 8.25 Å². The number of unbranched alkanes of at least 4 members (excludes halogenated alkanes) is 5. The van der Waals surface area contributed by atoms with Crippen molar-refractivity contribution in [2.24, 2.45) is 5.73 Å². The highest BCUT2D eigenvalue weighted by atomic mass is 31.1.